The highest BCUT2D eigenvalue weighted by Gasteiger charge is 2.19. The molecule has 0 atom stereocenters. The Labute approximate surface area is 111 Å². The Morgan fingerprint density at radius 1 is 1.50 bits per heavy atom. The van der Waals surface area contributed by atoms with Crippen LogP contribution in [0.2, 0.25) is 0 Å². The summed E-state index contributed by atoms with van der Waals surface area (Å²) in [5.41, 5.74) is 2.59. The average molecular weight is 278 g/mol. The quantitative estimate of drug-likeness (QED) is 0.801. The highest BCUT2D eigenvalue weighted by atomic mass is 32.1. The number of rotatable bonds is 3. The van der Waals surface area contributed by atoms with Gasteiger partial charge in [0, 0.05) is 11.1 Å². The number of carbonyl (C=O) groups is 1. The van der Waals surface area contributed by atoms with Gasteiger partial charge in [0.2, 0.25) is 0 Å². The van der Waals surface area contributed by atoms with E-state index >= 15 is 0 Å². The number of carboxylic acid groups (broad SMARTS) is 1. The second-order valence-electron chi connectivity index (χ2n) is 3.95. The number of thiazole rings is 1. The first-order chi connectivity index (χ1) is 8.66. The minimum Gasteiger partial charge on any atom is -0.481 e. The van der Waals surface area contributed by atoms with Gasteiger partial charge < -0.3 is 5.11 Å². The first-order valence-electron chi connectivity index (χ1n) is 5.38. The summed E-state index contributed by atoms with van der Waals surface area (Å²) >= 11 is 3.11. The molecule has 3 heterocycles. The summed E-state index contributed by atoms with van der Waals surface area (Å²) in [7, 11) is 0. The lowest BCUT2D eigenvalue weighted by Crippen LogP contribution is -2.04. The molecule has 0 aliphatic carbocycles. The van der Waals surface area contributed by atoms with Crippen molar-refractivity contribution < 1.29 is 9.90 Å². The molecule has 0 saturated carbocycles. The lowest BCUT2D eigenvalue weighted by Gasteiger charge is -2.00. The van der Waals surface area contributed by atoms with E-state index < -0.39 is 5.97 Å². The fourth-order valence-electron chi connectivity index (χ4n) is 1.98. The molecule has 0 fully saturated rings. The van der Waals surface area contributed by atoms with Gasteiger partial charge >= 0.3 is 5.97 Å². The van der Waals surface area contributed by atoms with Gasteiger partial charge in [0.1, 0.15) is 5.69 Å². The summed E-state index contributed by atoms with van der Waals surface area (Å²) in [6.07, 6.45) is -0.00796. The van der Waals surface area contributed by atoms with E-state index in [0.717, 1.165) is 26.9 Å². The molecule has 18 heavy (non-hydrogen) atoms. The van der Waals surface area contributed by atoms with Gasteiger partial charge in [-0.15, -0.1) is 22.7 Å². The van der Waals surface area contributed by atoms with Gasteiger partial charge in [0.15, 0.2) is 4.96 Å². The second kappa shape index (κ2) is 4.22. The molecule has 4 nitrogen and oxygen atoms in total. The van der Waals surface area contributed by atoms with Crippen molar-refractivity contribution in [2.45, 2.75) is 13.3 Å². The van der Waals surface area contributed by atoms with E-state index in [0.29, 0.717) is 0 Å². The van der Waals surface area contributed by atoms with Crippen LogP contribution in [0.25, 0.3) is 15.5 Å². The van der Waals surface area contributed by atoms with Gasteiger partial charge in [0.05, 0.1) is 17.0 Å². The van der Waals surface area contributed by atoms with Crippen molar-refractivity contribution in [3.05, 3.63) is 34.3 Å². The average Bonchev–Trinajstić information content (AvgIpc) is 2.97. The number of thiophene rings is 1. The molecule has 0 aromatic carbocycles. The van der Waals surface area contributed by atoms with Gasteiger partial charge in [0.25, 0.3) is 0 Å². The monoisotopic (exact) mass is 278 g/mol. The lowest BCUT2D eigenvalue weighted by atomic mass is 10.2. The van der Waals surface area contributed by atoms with E-state index in [1.54, 1.807) is 11.3 Å². The third-order valence-corrected chi connectivity index (χ3v) is 4.52. The first-order valence-corrected chi connectivity index (χ1v) is 7.14. The van der Waals surface area contributed by atoms with Crippen molar-refractivity contribution in [1.82, 2.24) is 9.38 Å². The number of nitrogens with zero attached hydrogens (tertiary/aromatic N) is 2. The highest BCUT2D eigenvalue weighted by molar-refractivity contribution is 7.15. The Hall–Kier alpha value is -1.66. The van der Waals surface area contributed by atoms with E-state index in [2.05, 4.69) is 4.98 Å². The molecule has 0 radical (unpaired) electrons. The summed E-state index contributed by atoms with van der Waals surface area (Å²) in [6.45, 7) is 1.97. The van der Waals surface area contributed by atoms with Crippen LogP contribution in [0.3, 0.4) is 0 Å². The molecule has 0 aliphatic heterocycles. The van der Waals surface area contributed by atoms with Crippen LogP contribution >= 0.6 is 22.7 Å². The van der Waals surface area contributed by atoms with Crippen LogP contribution in [-0.2, 0) is 11.2 Å². The number of aliphatic carboxylic acids is 1. The van der Waals surface area contributed by atoms with Crippen molar-refractivity contribution in [1.29, 1.82) is 0 Å². The van der Waals surface area contributed by atoms with Crippen molar-refractivity contribution in [3.8, 4) is 10.6 Å². The fraction of sp³-hybridized carbons (Fsp3) is 0.167. The maximum absolute atomic E-state index is 11.0. The summed E-state index contributed by atoms with van der Waals surface area (Å²) in [5.74, 6) is -0.833. The molecule has 0 unspecified atom stereocenters. The van der Waals surface area contributed by atoms with E-state index in [1.807, 2.05) is 34.2 Å². The lowest BCUT2D eigenvalue weighted by molar-refractivity contribution is -0.136. The molecule has 0 spiro atoms. The number of imidazole rings is 1. The van der Waals surface area contributed by atoms with Crippen molar-refractivity contribution >= 4 is 33.6 Å². The van der Waals surface area contributed by atoms with Crippen molar-refractivity contribution in [2.75, 3.05) is 0 Å². The number of aryl methyl sites for hydroxylation is 1. The van der Waals surface area contributed by atoms with Crippen molar-refractivity contribution in [3.63, 3.8) is 0 Å². The van der Waals surface area contributed by atoms with Gasteiger partial charge in [-0.2, -0.15) is 0 Å². The normalized spacial score (nSPS) is 11.2. The van der Waals surface area contributed by atoms with E-state index in [-0.39, 0.29) is 6.42 Å². The SMILES string of the molecule is Cc1csc2nc(-c3cccs3)c(CC(=O)O)n12. The zero-order chi connectivity index (χ0) is 12.7. The third kappa shape index (κ3) is 1.74. The summed E-state index contributed by atoms with van der Waals surface area (Å²) in [5, 5.41) is 13.0. The van der Waals surface area contributed by atoms with Gasteiger partial charge in [-0.1, -0.05) is 6.07 Å². The van der Waals surface area contributed by atoms with Crippen LogP contribution in [0.15, 0.2) is 22.9 Å². The molecule has 3 aromatic rings. The van der Waals surface area contributed by atoms with E-state index in [4.69, 9.17) is 5.11 Å². The molecule has 92 valence electrons. The summed E-state index contributed by atoms with van der Waals surface area (Å²) < 4.78 is 1.94. The number of hydrogen-bond acceptors (Lipinski definition) is 4. The molecular formula is C12H10N2O2S2. The second-order valence-corrected chi connectivity index (χ2v) is 5.73. The standard InChI is InChI=1S/C12H10N2O2S2/c1-7-6-18-12-13-11(9-3-2-4-17-9)8(14(7)12)5-10(15)16/h2-4,6H,5H2,1H3,(H,15,16). The summed E-state index contributed by atoms with van der Waals surface area (Å²) in [4.78, 5) is 17.5. The van der Waals surface area contributed by atoms with Crippen LogP contribution in [-0.4, -0.2) is 20.5 Å². The predicted octanol–water partition coefficient (Wildman–Crippen LogP) is 3.06. The third-order valence-electron chi connectivity index (χ3n) is 2.70. The Morgan fingerprint density at radius 3 is 3.00 bits per heavy atom. The van der Waals surface area contributed by atoms with Crippen molar-refractivity contribution in [2.24, 2.45) is 0 Å². The summed E-state index contributed by atoms with van der Waals surface area (Å²) in [6, 6.07) is 3.92. The zero-order valence-corrected chi connectivity index (χ0v) is 11.2. The zero-order valence-electron chi connectivity index (χ0n) is 9.58. The molecular weight excluding hydrogens is 268 g/mol. The Bertz CT molecular complexity index is 710. The molecule has 6 heteroatoms. The molecule has 0 saturated heterocycles. The predicted molar refractivity (Wildman–Crippen MR) is 72.5 cm³/mol. The van der Waals surface area contributed by atoms with Crippen LogP contribution in [0.5, 0.6) is 0 Å². The molecule has 3 rings (SSSR count). The smallest absolute Gasteiger partial charge is 0.309 e. The van der Waals surface area contributed by atoms with Crippen LogP contribution in [0, 0.1) is 6.92 Å². The van der Waals surface area contributed by atoms with E-state index in [1.165, 1.54) is 11.3 Å². The number of aromatic nitrogens is 2. The molecule has 0 bridgehead atoms. The Kier molecular flexibility index (Phi) is 2.68. The molecule has 3 aromatic heterocycles. The van der Waals surface area contributed by atoms with Gasteiger partial charge in [-0.25, -0.2) is 4.98 Å². The largest absolute Gasteiger partial charge is 0.481 e. The number of carboxylic acids is 1. The number of hydrogen-bond donors (Lipinski definition) is 1. The topological polar surface area (TPSA) is 54.6 Å². The minimum atomic E-state index is -0.833. The van der Waals surface area contributed by atoms with Gasteiger partial charge in [-0.05, 0) is 18.4 Å². The Balaban J connectivity index is 2.27. The Morgan fingerprint density at radius 2 is 2.33 bits per heavy atom. The van der Waals surface area contributed by atoms with E-state index in [9.17, 15) is 4.79 Å². The highest BCUT2D eigenvalue weighted by Crippen LogP contribution is 2.31. The molecule has 1 N–H and O–H groups in total. The van der Waals surface area contributed by atoms with Crippen LogP contribution in [0.1, 0.15) is 11.4 Å². The minimum absolute atomic E-state index is 0.00796. The van der Waals surface area contributed by atoms with Crippen LogP contribution < -0.4 is 0 Å². The molecule has 0 aliphatic rings. The maximum Gasteiger partial charge on any atom is 0.309 e. The number of fused-ring (bicyclic) bond motifs is 1. The fourth-order valence-corrected chi connectivity index (χ4v) is 3.60. The first kappa shape index (κ1) is 11.4. The van der Waals surface area contributed by atoms with Crippen LogP contribution in [0.4, 0.5) is 0 Å². The van der Waals surface area contributed by atoms with Gasteiger partial charge in [-0.3, -0.25) is 9.20 Å². The maximum atomic E-state index is 11.0. The molecule has 0 amide bonds.